The molecule has 2 atom stereocenters. The predicted octanol–water partition coefficient (Wildman–Crippen LogP) is 6.81. The van der Waals surface area contributed by atoms with Crippen LogP contribution in [0.25, 0.3) is 10.9 Å². The number of carbonyl (C=O) groups is 1. The van der Waals surface area contributed by atoms with E-state index in [1.165, 1.54) is 24.4 Å². The van der Waals surface area contributed by atoms with E-state index in [4.69, 9.17) is 30.5 Å². The van der Waals surface area contributed by atoms with Gasteiger partial charge in [0, 0.05) is 49.5 Å². The van der Waals surface area contributed by atoms with Crippen LogP contribution in [-0.4, -0.2) is 62.0 Å². The fourth-order valence-corrected chi connectivity index (χ4v) is 5.11. The highest BCUT2D eigenvalue weighted by Crippen LogP contribution is 2.38. The summed E-state index contributed by atoms with van der Waals surface area (Å²) in [6.07, 6.45) is 5.10. The number of nitrogens with zero attached hydrogens (tertiary/aromatic N) is 3. The molecule has 1 aliphatic rings. The van der Waals surface area contributed by atoms with E-state index in [9.17, 15) is 14.4 Å². The summed E-state index contributed by atoms with van der Waals surface area (Å²) in [6, 6.07) is 16.9. The lowest BCUT2D eigenvalue weighted by Gasteiger charge is -2.21. The number of ether oxygens (including phenoxy) is 4. The summed E-state index contributed by atoms with van der Waals surface area (Å²) in [6.45, 7) is 3.59. The fourth-order valence-electron chi connectivity index (χ4n) is 4.88. The zero-order valence-electron chi connectivity index (χ0n) is 26.3. The van der Waals surface area contributed by atoms with Crippen LogP contribution in [0.3, 0.4) is 0 Å². The van der Waals surface area contributed by atoms with Crippen molar-refractivity contribution in [1.29, 1.82) is 5.26 Å². The standard InChI is InChI=1S/C35H35ClFN5O5/c1-22(44-3)42(2)12-5-8-34(43)41-31-16-28-30(17-33(31)47-27-11-13-45-21-27)39-19-24(18-38)35(28)40-26-9-10-32(29(36)15-26)46-20-23-6-4-7-25(37)14-23/h4-10,14-17,19,22,27H,11-13,20-21H2,1-3H3,(H,39,40)(H,41,43)/t22-,27?/m0/s1. The summed E-state index contributed by atoms with van der Waals surface area (Å²) in [5, 5.41) is 17.1. The van der Waals surface area contributed by atoms with Gasteiger partial charge in [0.1, 0.15) is 42.3 Å². The second-order valence-corrected chi connectivity index (χ2v) is 11.4. The first-order valence-corrected chi connectivity index (χ1v) is 15.4. The molecule has 1 aliphatic heterocycles. The number of aromatic nitrogens is 1. The molecule has 12 heteroatoms. The SMILES string of the molecule is CO[C@@H](C)N(C)CC=CC(=O)Nc1cc2c(Nc3ccc(OCc4cccc(F)c4)c(Cl)c3)c(C#N)cnc2cc1OC1CCOC1. The Kier molecular flexibility index (Phi) is 11.2. The van der Waals surface area contributed by atoms with Gasteiger partial charge in [-0.15, -0.1) is 0 Å². The molecule has 3 aromatic carbocycles. The average Bonchev–Trinajstić information content (AvgIpc) is 3.57. The minimum atomic E-state index is -0.352. The van der Waals surface area contributed by atoms with Gasteiger partial charge in [0.2, 0.25) is 5.91 Å². The molecule has 0 aliphatic carbocycles. The Morgan fingerprint density at radius 3 is 2.83 bits per heavy atom. The number of benzene rings is 3. The van der Waals surface area contributed by atoms with E-state index < -0.39 is 0 Å². The maximum absolute atomic E-state index is 13.6. The first-order chi connectivity index (χ1) is 22.7. The molecule has 4 aromatic rings. The van der Waals surface area contributed by atoms with Crippen molar-refractivity contribution in [3.8, 4) is 17.6 Å². The highest BCUT2D eigenvalue weighted by atomic mass is 35.5. The second-order valence-electron chi connectivity index (χ2n) is 11.0. The van der Waals surface area contributed by atoms with E-state index in [-0.39, 0.29) is 36.2 Å². The van der Waals surface area contributed by atoms with Gasteiger partial charge >= 0.3 is 0 Å². The van der Waals surface area contributed by atoms with Crippen LogP contribution in [-0.2, 0) is 20.9 Å². The quantitative estimate of drug-likeness (QED) is 0.118. The Labute approximate surface area is 277 Å². The lowest BCUT2D eigenvalue weighted by atomic mass is 10.1. The number of carbonyl (C=O) groups excluding carboxylic acids is 1. The number of anilines is 3. The number of likely N-dealkylation sites (N-methyl/N-ethyl adjacent to an activating group) is 1. The van der Waals surface area contributed by atoms with Gasteiger partial charge in [-0.05, 0) is 55.9 Å². The monoisotopic (exact) mass is 659 g/mol. The molecule has 2 N–H and O–H groups in total. The predicted molar refractivity (Wildman–Crippen MR) is 179 cm³/mol. The lowest BCUT2D eigenvalue weighted by molar-refractivity contribution is -0.112. The number of halogens is 2. The molecule has 10 nitrogen and oxygen atoms in total. The minimum Gasteiger partial charge on any atom is -0.487 e. The molecule has 1 unspecified atom stereocenters. The highest BCUT2D eigenvalue weighted by Gasteiger charge is 2.21. The summed E-state index contributed by atoms with van der Waals surface area (Å²) in [7, 11) is 3.52. The summed E-state index contributed by atoms with van der Waals surface area (Å²) in [5.74, 6) is 0.154. The third-order valence-corrected chi connectivity index (χ3v) is 7.93. The Balaban J connectivity index is 1.42. The number of nitriles is 1. The summed E-state index contributed by atoms with van der Waals surface area (Å²) in [5.41, 5.74) is 2.97. The van der Waals surface area contributed by atoms with E-state index in [1.54, 1.807) is 55.7 Å². The number of methoxy groups -OCH3 is 1. The average molecular weight is 660 g/mol. The van der Waals surface area contributed by atoms with Crippen molar-refractivity contribution in [1.82, 2.24) is 9.88 Å². The van der Waals surface area contributed by atoms with Crippen LogP contribution in [0.15, 0.2) is 72.9 Å². The molecule has 0 radical (unpaired) electrons. The Morgan fingerprint density at radius 2 is 2.11 bits per heavy atom. The largest absolute Gasteiger partial charge is 0.487 e. The molecular formula is C35H35ClFN5O5. The number of nitrogens with one attached hydrogen (secondary N) is 2. The number of fused-ring (bicyclic) bond motifs is 1. The van der Waals surface area contributed by atoms with Gasteiger partial charge in [-0.3, -0.25) is 14.7 Å². The molecule has 1 fully saturated rings. The third kappa shape index (κ3) is 8.75. The molecular weight excluding hydrogens is 625 g/mol. The Hall–Kier alpha value is -4.73. The highest BCUT2D eigenvalue weighted by molar-refractivity contribution is 6.32. The van der Waals surface area contributed by atoms with Crippen LogP contribution >= 0.6 is 11.6 Å². The molecule has 0 saturated carbocycles. The Bertz CT molecular complexity index is 1810. The second kappa shape index (κ2) is 15.7. The molecule has 1 amide bonds. The molecule has 0 bridgehead atoms. The zero-order chi connectivity index (χ0) is 33.3. The van der Waals surface area contributed by atoms with Gasteiger partial charge in [0.05, 0.1) is 40.7 Å². The van der Waals surface area contributed by atoms with E-state index >= 15 is 0 Å². The minimum absolute atomic E-state index is 0.108. The third-order valence-electron chi connectivity index (χ3n) is 7.64. The molecule has 2 heterocycles. The van der Waals surface area contributed by atoms with Crippen LogP contribution in [0.4, 0.5) is 21.5 Å². The number of hydrogen-bond acceptors (Lipinski definition) is 9. The van der Waals surface area contributed by atoms with Crippen LogP contribution in [0.5, 0.6) is 11.5 Å². The van der Waals surface area contributed by atoms with Gasteiger partial charge in [0.15, 0.2) is 0 Å². The first-order valence-electron chi connectivity index (χ1n) is 15.0. The number of pyridine rings is 1. The van der Waals surface area contributed by atoms with Crippen molar-refractivity contribution in [2.24, 2.45) is 0 Å². The van der Waals surface area contributed by atoms with Crippen LogP contribution < -0.4 is 20.1 Å². The van der Waals surface area contributed by atoms with Gasteiger partial charge in [-0.1, -0.05) is 29.8 Å². The van der Waals surface area contributed by atoms with E-state index in [2.05, 4.69) is 21.7 Å². The number of amides is 1. The van der Waals surface area contributed by atoms with Crippen molar-refractivity contribution in [3.63, 3.8) is 0 Å². The van der Waals surface area contributed by atoms with Crippen LogP contribution in [0.2, 0.25) is 5.02 Å². The van der Waals surface area contributed by atoms with Crippen LogP contribution in [0.1, 0.15) is 24.5 Å². The van der Waals surface area contributed by atoms with E-state index in [0.717, 1.165) is 0 Å². The molecule has 5 rings (SSSR count). The summed E-state index contributed by atoms with van der Waals surface area (Å²) < 4.78 is 36.4. The van der Waals surface area contributed by atoms with E-state index in [0.29, 0.717) is 76.2 Å². The van der Waals surface area contributed by atoms with Crippen molar-refractivity contribution in [3.05, 3.63) is 94.9 Å². The molecule has 0 spiro atoms. The normalized spacial score (nSPS) is 15.1. The van der Waals surface area contributed by atoms with Gasteiger partial charge < -0.3 is 29.6 Å². The first kappa shape index (κ1) is 33.6. The van der Waals surface area contributed by atoms with Gasteiger partial charge in [0.25, 0.3) is 0 Å². The fraction of sp³-hybridized carbons (Fsp3) is 0.286. The number of rotatable bonds is 13. The van der Waals surface area contributed by atoms with Gasteiger partial charge in [-0.25, -0.2) is 4.39 Å². The molecule has 244 valence electrons. The smallest absolute Gasteiger partial charge is 0.248 e. The molecule has 1 aromatic heterocycles. The van der Waals surface area contributed by atoms with Crippen molar-refractivity contribution in [2.45, 2.75) is 32.3 Å². The summed E-state index contributed by atoms with van der Waals surface area (Å²) >= 11 is 6.55. The molecule has 47 heavy (non-hydrogen) atoms. The van der Waals surface area contributed by atoms with Crippen molar-refractivity contribution >= 4 is 45.5 Å². The maximum Gasteiger partial charge on any atom is 0.248 e. The number of hydrogen-bond donors (Lipinski definition) is 2. The Morgan fingerprint density at radius 1 is 1.26 bits per heavy atom. The maximum atomic E-state index is 13.6. The van der Waals surface area contributed by atoms with Crippen molar-refractivity contribution < 1.29 is 28.1 Å². The van der Waals surface area contributed by atoms with E-state index in [1.807, 2.05) is 18.9 Å². The summed E-state index contributed by atoms with van der Waals surface area (Å²) in [4.78, 5) is 19.5. The van der Waals surface area contributed by atoms with Crippen molar-refractivity contribution in [2.75, 3.05) is 44.5 Å². The van der Waals surface area contributed by atoms with Crippen LogP contribution in [0, 0.1) is 17.1 Å². The van der Waals surface area contributed by atoms with Gasteiger partial charge in [-0.2, -0.15) is 5.26 Å². The lowest BCUT2D eigenvalue weighted by Crippen LogP contribution is -2.30. The topological polar surface area (TPSA) is 118 Å². The molecule has 1 saturated heterocycles. The zero-order valence-corrected chi connectivity index (χ0v) is 27.0.